The van der Waals surface area contributed by atoms with Gasteiger partial charge < -0.3 is 9.40 Å². The Hall–Kier alpha value is -1.44. The second kappa shape index (κ2) is 2.89. The Morgan fingerprint density at radius 3 is 2.83 bits per heavy atom. The number of H-pyrrole nitrogens is 1. The van der Waals surface area contributed by atoms with Crippen molar-refractivity contribution in [2.45, 2.75) is 13.3 Å². The number of furan rings is 1. The molecular formula is C10H11NO. The molecule has 0 saturated heterocycles. The topological polar surface area (TPSA) is 28.9 Å². The third kappa shape index (κ3) is 1.42. The first-order chi connectivity index (χ1) is 5.84. The van der Waals surface area contributed by atoms with Gasteiger partial charge in [-0.1, -0.05) is 0 Å². The van der Waals surface area contributed by atoms with E-state index >= 15 is 0 Å². The van der Waals surface area contributed by atoms with Crippen LogP contribution in [-0.4, -0.2) is 4.98 Å². The van der Waals surface area contributed by atoms with E-state index in [1.165, 1.54) is 5.56 Å². The van der Waals surface area contributed by atoms with E-state index in [0.717, 1.165) is 17.9 Å². The molecule has 0 unspecified atom stereocenters. The zero-order chi connectivity index (χ0) is 8.39. The van der Waals surface area contributed by atoms with E-state index in [4.69, 9.17) is 4.42 Å². The molecule has 0 bridgehead atoms. The number of aryl methyl sites for hydroxylation is 1. The van der Waals surface area contributed by atoms with Crippen LogP contribution in [0.5, 0.6) is 0 Å². The molecule has 62 valence electrons. The summed E-state index contributed by atoms with van der Waals surface area (Å²) in [6, 6.07) is 6.06. The van der Waals surface area contributed by atoms with Gasteiger partial charge in [-0.15, -0.1) is 0 Å². The van der Waals surface area contributed by atoms with Crippen LogP contribution in [0.1, 0.15) is 17.1 Å². The Balaban J connectivity index is 2.14. The largest absolute Gasteiger partial charge is 0.466 e. The molecule has 1 N–H and O–H groups in total. The smallest absolute Gasteiger partial charge is 0.108 e. The highest BCUT2D eigenvalue weighted by Crippen LogP contribution is 2.11. The third-order valence-corrected chi connectivity index (χ3v) is 1.84. The molecule has 2 heterocycles. The molecule has 0 aliphatic heterocycles. The lowest BCUT2D eigenvalue weighted by Gasteiger charge is -1.91. The summed E-state index contributed by atoms with van der Waals surface area (Å²) in [7, 11) is 0. The standard InChI is InChI=1S/C10H11NO/c1-8-2-3-10(12-8)6-9-4-5-11-7-9/h2-5,7,11H,6H2,1H3. The number of aromatic amines is 1. The van der Waals surface area contributed by atoms with Crippen LogP contribution in [0, 0.1) is 6.92 Å². The van der Waals surface area contributed by atoms with Crippen molar-refractivity contribution >= 4 is 0 Å². The quantitative estimate of drug-likeness (QED) is 0.720. The highest BCUT2D eigenvalue weighted by molar-refractivity contribution is 5.17. The second-order valence-corrected chi connectivity index (χ2v) is 2.91. The maximum atomic E-state index is 5.44. The van der Waals surface area contributed by atoms with Crippen LogP contribution in [0.3, 0.4) is 0 Å². The molecule has 2 heteroatoms. The van der Waals surface area contributed by atoms with Crippen LogP contribution >= 0.6 is 0 Å². The van der Waals surface area contributed by atoms with Gasteiger partial charge in [0.25, 0.3) is 0 Å². The average Bonchev–Trinajstić information content (AvgIpc) is 2.63. The summed E-state index contributed by atoms with van der Waals surface area (Å²) in [5.74, 6) is 1.99. The number of rotatable bonds is 2. The van der Waals surface area contributed by atoms with E-state index in [1.807, 2.05) is 31.5 Å². The van der Waals surface area contributed by atoms with Crippen LogP contribution in [0.25, 0.3) is 0 Å². The van der Waals surface area contributed by atoms with Gasteiger partial charge in [0.05, 0.1) is 0 Å². The van der Waals surface area contributed by atoms with Gasteiger partial charge in [-0.25, -0.2) is 0 Å². The fourth-order valence-electron chi connectivity index (χ4n) is 1.25. The van der Waals surface area contributed by atoms with Crippen molar-refractivity contribution in [1.82, 2.24) is 4.98 Å². The van der Waals surface area contributed by atoms with E-state index in [2.05, 4.69) is 11.1 Å². The number of hydrogen-bond donors (Lipinski definition) is 1. The summed E-state index contributed by atoms with van der Waals surface area (Å²) in [6.45, 7) is 1.96. The minimum atomic E-state index is 0.872. The van der Waals surface area contributed by atoms with E-state index in [9.17, 15) is 0 Å². The summed E-state index contributed by atoms with van der Waals surface area (Å²) < 4.78 is 5.44. The Kier molecular flexibility index (Phi) is 1.74. The molecule has 0 amide bonds. The van der Waals surface area contributed by atoms with Gasteiger partial charge in [-0.2, -0.15) is 0 Å². The van der Waals surface area contributed by atoms with E-state index < -0.39 is 0 Å². The highest BCUT2D eigenvalue weighted by Gasteiger charge is 1.99. The molecule has 0 saturated carbocycles. The molecule has 2 aromatic rings. The van der Waals surface area contributed by atoms with Crippen LogP contribution in [0.15, 0.2) is 35.0 Å². The molecular weight excluding hydrogens is 150 g/mol. The average molecular weight is 161 g/mol. The van der Waals surface area contributed by atoms with Crippen molar-refractivity contribution in [3.8, 4) is 0 Å². The van der Waals surface area contributed by atoms with Gasteiger partial charge in [0.15, 0.2) is 0 Å². The summed E-state index contributed by atoms with van der Waals surface area (Å²) in [4.78, 5) is 3.02. The number of nitrogens with one attached hydrogen (secondary N) is 1. The van der Waals surface area contributed by atoms with Crippen molar-refractivity contribution in [2.24, 2.45) is 0 Å². The SMILES string of the molecule is Cc1ccc(Cc2cc[nH]c2)o1. The van der Waals surface area contributed by atoms with Gasteiger partial charge >= 0.3 is 0 Å². The first-order valence-corrected chi connectivity index (χ1v) is 4.01. The lowest BCUT2D eigenvalue weighted by atomic mass is 10.2. The predicted molar refractivity (Wildman–Crippen MR) is 47.0 cm³/mol. The fraction of sp³-hybridized carbons (Fsp3) is 0.200. The molecule has 0 aromatic carbocycles. The zero-order valence-electron chi connectivity index (χ0n) is 7.00. The summed E-state index contributed by atoms with van der Waals surface area (Å²) >= 11 is 0. The third-order valence-electron chi connectivity index (χ3n) is 1.84. The number of aromatic nitrogens is 1. The molecule has 2 nitrogen and oxygen atoms in total. The molecule has 0 aliphatic rings. The van der Waals surface area contributed by atoms with Gasteiger partial charge in [0.2, 0.25) is 0 Å². The van der Waals surface area contributed by atoms with E-state index in [1.54, 1.807) is 0 Å². The lowest BCUT2D eigenvalue weighted by molar-refractivity contribution is 0.493. The first-order valence-electron chi connectivity index (χ1n) is 4.01. The predicted octanol–water partition coefficient (Wildman–Crippen LogP) is 2.51. The van der Waals surface area contributed by atoms with Crippen molar-refractivity contribution in [2.75, 3.05) is 0 Å². The van der Waals surface area contributed by atoms with Crippen LogP contribution < -0.4 is 0 Å². The Bertz CT molecular complexity index is 346. The molecule has 0 spiro atoms. The van der Waals surface area contributed by atoms with Gasteiger partial charge in [0.1, 0.15) is 11.5 Å². The Morgan fingerprint density at radius 2 is 2.25 bits per heavy atom. The Labute approximate surface area is 71.2 Å². The molecule has 2 rings (SSSR count). The molecule has 2 aromatic heterocycles. The van der Waals surface area contributed by atoms with Gasteiger partial charge in [-0.05, 0) is 30.7 Å². The van der Waals surface area contributed by atoms with Gasteiger partial charge in [-0.3, -0.25) is 0 Å². The highest BCUT2D eigenvalue weighted by atomic mass is 16.3. The second-order valence-electron chi connectivity index (χ2n) is 2.91. The van der Waals surface area contributed by atoms with Crippen LogP contribution in [0.2, 0.25) is 0 Å². The maximum absolute atomic E-state index is 5.44. The molecule has 12 heavy (non-hydrogen) atoms. The number of hydrogen-bond acceptors (Lipinski definition) is 1. The molecule has 0 radical (unpaired) electrons. The molecule has 0 aliphatic carbocycles. The first kappa shape index (κ1) is 7.22. The molecule has 0 atom stereocenters. The van der Waals surface area contributed by atoms with Gasteiger partial charge in [0, 0.05) is 18.8 Å². The fourth-order valence-corrected chi connectivity index (χ4v) is 1.25. The Morgan fingerprint density at radius 1 is 1.33 bits per heavy atom. The van der Waals surface area contributed by atoms with Crippen molar-refractivity contribution < 1.29 is 4.42 Å². The van der Waals surface area contributed by atoms with Crippen LogP contribution in [-0.2, 0) is 6.42 Å². The minimum Gasteiger partial charge on any atom is -0.466 e. The van der Waals surface area contributed by atoms with Crippen molar-refractivity contribution in [1.29, 1.82) is 0 Å². The summed E-state index contributed by atoms with van der Waals surface area (Å²) in [6.07, 6.45) is 4.78. The van der Waals surface area contributed by atoms with Crippen molar-refractivity contribution in [3.63, 3.8) is 0 Å². The maximum Gasteiger partial charge on any atom is 0.108 e. The molecule has 0 fully saturated rings. The minimum absolute atomic E-state index is 0.872. The summed E-state index contributed by atoms with van der Waals surface area (Å²) in [5, 5.41) is 0. The normalized spacial score (nSPS) is 10.4. The van der Waals surface area contributed by atoms with Crippen molar-refractivity contribution in [3.05, 3.63) is 47.7 Å². The zero-order valence-corrected chi connectivity index (χ0v) is 7.00. The monoisotopic (exact) mass is 161 g/mol. The summed E-state index contributed by atoms with van der Waals surface area (Å²) in [5.41, 5.74) is 1.25. The van der Waals surface area contributed by atoms with E-state index in [-0.39, 0.29) is 0 Å². The lowest BCUT2D eigenvalue weighted by Crippen LogP contribution is -1.80. The van der Waals surface area contributed by atoms with Crippen LogP contribution in [0.4, 0.5) is 0 Å². The van der Waals surface area contributed by atoms with E-state index in [0.29, 0.717) is 0 Å².